The molecule has 0 fully saturated rings. The summed E-state index contributed by atoms with van der Waals surface area (Å²) in [4.78, 5) is 0. The molecule has 3 nitrogen and oxygen atoms in total. The molecule has 0 radical (unpaired) electrons. The number of rotatable bonds is 1. The third-order valence-electron chi connectivity index (χ3n) is 1.93. The Morgan fingerprint density at radius 1 is 1.29 bits per heavy atom. The van der Waals surface area contributed by atoms with E-state index in [4.69, 9.17) is 15.8 Å². The number of hydrogen-bond acceptors (Lipinski definition) is 4. The summed E-state index contributed by atoms with van der Waals surface area (Å²) in [7, 11) is -1.46. The third-order valence-corrected chi connectivity index (χ3v) is 3.55. The molecular formula is C8H7BBrNO2S. The maximum Gasteiger partial charge on any atom is 0.489 e. The van der Waals surface area contributed by atoms with Crippen molar-refractivity contribution >= 4 is 54.9 Å². The van der Waals surface area contributed by atoms with Crippen LogP contribution in [0.4, 0.5) is 5.00 Å². The Balaban J connectivity index is 2.70. The van der Waals surface area contributed by atoms with E-state index < -0.39 is 7.12 Å². The van der Waals surface area contributed by atoms with Gasteiger partial charge in [-0.1, -0.05) is 15.9 Å². The quantitative estimate of drug-likeness (QED) is 0.676. The van der Waals surface area contributed by atoms with E-state index >= 15 is 0 Å². The number of anilines is 1. The van der Waals surface area contributed by atoms with Crippen molar-refractivity contribution in [2.75, 3.05) is 5.73 Å². The molecule has 0 aliphatic rings. The molecule has 2 aromatic rings. The van der Waals surface area contributed by atoms with Gasteiger partial charge in [0.25, 0.3) is 0 Å². The average Bonchev–Trinajstić information content (AvgIpc) is 2.42. The molecule has 0 atom stereocenters. The highest BCUT2D eigenvalue weighted by atomic mass is 79.9. The van der Waals surface area contributed by atoms with Gasteiger partial charge in [-0.15, -0.1) is 11.3 Å². The van der Waals surface area contributed by atoms with E-state index in [0.29, 0.717) is 9.94 Å². The molecule has 1 heterocycles. The molecule has 2 rings (SSSR count). The lowest BCUT2D eigenvalue weighted by molar-refractivity contribution is 0.425. The van der Waals surface area contributed by atoms with Gasteiger partial charge < -0.3 is 15.8 Å². The molecular weight excluding hydrogens is 265 g/mol. The van der Waals surface area contributed by atoms with Gasteiger partial charge in [-0.05, 0) is 29.0 Å². The number of nitrogens with two attached hydrogens (primary N) is 1. The van der Waals surface area contributed by atoms with Crippen LogP contribution in [0.3, 0.4) is 0 Å². The molecule has 1 aromatic heterocycles. The minimum absolute atomic E-state index is 0.458. The second-order valence-electron chi connectivity index (χ2n) is 2.93. The van der Waals surface area contributed by atoms with Crippen molar-refractivity contribution < 1.29 is 10.0 Å². The molecule has 14 heavy (non-hydrogen) atoms. The maximum absolute atomic E-state index is 9.07. The van der Waals surface area contributed by atoms with Crippen molar-refractivity contribution in [1.82, 2.24) is 0 Å². The molecule has 0 aliphatic carbocycles. The third kappa shape index (κ3) is 1.66. The molecule has 6 heteroatoms. The molecule has 1 aromatic carbocycles. The lowest BCUT2D eigenvalue weighted by atomic mass is 9.80. The van der Waals surface area contributed by atoms with Crippen molar-refractivity contribution in [3.63, 3.8) is 0 Å². The van der Waals surface area contributed by atoms with E-state index in [1.807, 2.05) is 12.1 Å². The van der Waals surface area contributed by atoms with Gasteiger partial charge in [0.1, 0.15) is 0 Å². The van der Waals surface area contributed by atoms with Gasteiger partial charge in [0.15, 0.2) is 0 Å². The molecule has 0 saturated carbocycles. The van der Waals surface area contributed by atoms with E-state index in [1.54, 1.807) is 6.07 Å². The van der Waals surface area contributed by atoms with Crippen molar-refractivity contribution in [3.8, 4) is 0 Å². The Hall–Kier alpha value is -0.555. The zero-order valence-electron chi connectivity index (χ0n) is 7.07. The number of hydrogen-bond donors (Lipinski definition) is 3. The summed E-state index contributed by atoms with van der Waals surface area (Å²) in [6, 6.07) is 5.42. The Kier molecular flexibility index (Phi) is 2.53. The van der Waals surface area contributed by atoms with Crippen LogP contribution in [0.2, 0.25) is 0 Å². The average molecular weight is 272 g/mol. The van der Waals surface area contributed by atoms with Crippen molar-refractivity contribution in [1.29, 1.82) is 0 Å². The number of benzene rings is 1. The molecule has 4 N–H and O–H groups in total. The van der Waals surface area contributed by atoms with Gasteiger partial charge in [-0.3, -0.25) is 0 Å². The minimum atomic E-state index is -1.46. The second kappa shape index (κ2) is 3.54. The summed E-state index contributed by atoms with van der Waals surface area (Å²) in [5.74, 6) is 0. The second-order valence-corrected chi connectivity index (χ2v) is 4.90. The summed E-state index contributed by atoms with van der Waals surface area (Å²) < 4.78 is 1.63. The first-order valence-corrected chi connectivity index (χ1v) is 5.53. The van der Waals surface area contributed by atoms with E-state index in [9.17, 15) is 0 Å². The molecule has 0 spiro atoms. The smallest absolute Gasteiger partial charge is 0.423 e. The fourth-order valence-electron chi connectivity index (χ4n) is 1.29. The van der Waals surface area contributed by atoms with Gasteiger partial charge in [0.2, 0.25) is 0 Å². The van der Waals surface area contributed by atoms with Gasteiger partial charge in [0, 0.05) is 9.17 Å². The zero-order chi connectivity index (χ0) is 10.3. The Morgan fingerprint density at radius 2 is 2.00 bits per heavy atom. The van der Waals surface area contributed by atoms with Gasteiger partial charge in [-0.2, -0.15) is 0 Å². The predicted octanol–water partition coefficient (Wildman–Crippen LogP) is 0.926. The Labute approximate surface area is 93.4 Å². The van der Waals surface area contributed by atoms with E-state index in [1.165, 1.54) is 11.3 Å². The fraction of sp³-hybridized carbons (Fsp3) is 0. The van der Waals surface area contributed by atoms with Crippen LogP contribution in [0.15, 0.2) is 22.7 Å². The van der Waals surface area contributed by atoms with Crippen molar-refractivity contribution in [2.24, 2.45) is 0 Å². The topological polar surface area (TPSA) is 66.5 Å². The highest BCUT2D eigenvalue weighted by molar-refractivity contribution is 9.10. The van der Waals surface area contributed by atoms with Gasteiger partial charge >= 0.3 is 7.12 Å². The molecule has 72 valence electrons. The number of fused-ring (bicyclic) bond motifs is 1. The van der Waals surface area contributed by atoms with Crippen LogP contribution in [0.1, 0.15) is 0 Å². The minimum Gasteiger partial charge on any atom is -0.423 e. The zero-order valence-corrected chi connectivity index (χ0v) is 9.47. The normalized spacial score (nSPS) is 10.8. The summed E-state index contributed by atoms with van der Waals surface area (Å²) >= 11 is 4.70. The summed E-state index contributed by atoms with van der Waals surface area (Å²) in [5, 5.41) is 19.9. The van der Waals surface area contributed by atoms with Crippen LogP contribution in [0.25, 0.3) is 10.1 Å². The predicted molar refractivity (Wildman–Crippen MR) is 63.8 cm³/mol. The van der Waals surface area contributed by atoms with Crippen LogP contribution in [0.5, 0.6) is 0 Å². The molecule has 0 bridgehead atoms. The van der Waals surface area contributed by atoms with E-state index in [2.05, 4.69) is 15.9 Å². The number of nitrogen functional groups attached to an aromatic ring is 1. The number of thiophene rings is 1. The lowest BCUT2D eigenvalue weighted by Crippen LogP contribution is -2.30. The molecule has 0 aliphatic heterocycles. The monoisotopic (exact) mass is 271 g/mol. The van der Waals surface area contributed by atoms with Crippen LogP contribution < -0.4 is 11.2 Å². The summed E-state index contributed by atoms with van der Waals surface area (Å²) in [6.07, 6.45) is 0. The first-order valence-electron chi connectivity index (χ1n) is 3.92. The fourth-order valence-corrected chi connectivity index (χ4v) is 2.72. The Bertz CT molecular complexity index is 485. The van der Waals surface area contributed by atoms with E-state index in [0.717, 1.165) is 15.1 Å². The van der Waals surface area contributed by atoms with Crippen LogP contribution in [-0.4, -0.2) is 17.2 Å². The SMILES string of the molecule is Nc1cc2cc(Br)c(B(O)O)cc2s1. The first-order chi connectivity index (χ1) is 6.58. The largest absolute Gasteiger partial charge is 0.489 e. The van der Waals surface area contributed by atoms with Gasteiger partial charge in [-0.25, -0.2) is 0 Å². The van der Waals surface area contributed by atoms with Crippen LogP contribution in [0, 0.1) is 0 Å². The summed E-state index contributed by atoms with van der Waals surface area (Å²) in [6.45, 7) is 0. The van der Waals surface area contributed by atoms with Crippen LogP contribution in [-0.2, 0) is 0 Å². The van der Waals surface area contributed by atoms with E-state index in [-0.39, 0.29) is 0 Å². The molecule has 0 saturated heterocycles. The van der Waals surface area contributed by atoms with Gasteiger partial charge in [0.05, 0.1) is 5.00 Å². The molecule has 0 amide bonds. The van der Waals surface area contributed by atoms with Crippen molar-refractivity contribution in [3.05, 3.63) is 22.7 Å². The van der Waals surface area contributed by atoms with Crippen LogP contribution >= 0.6 is 27.3 Å². The van der Waals surface area contributed by atoms with Crippen molar-refractivity contribution in [2.45, 2.75) is 0 Å². The number of halogens is 1. The highest BCUT2D eigenvalue weighted by Gasteiger charge is 2.16. The standard InChI is InChI=1S/C8H7BBrNO2S/c10-6-1-4-2-8(11)14-7(4)3-5(6)9(12)13/h1-3,12-13H,11H2. The summed E-state index contributed by atoms with van der Waals surface area (Å²) in [5.41, 5.74) is 6.10. The Morgan fingerprint density at radius 3 is 2.64 bits per heavy atom. The highest BCUT2D eigenvalue weighted by Crippen LogP contribution is 2.28. The first kappa shape index (κ1) is 9.98. The lowest BCUT2D eigenvalue weighted by Gasteiger charge is -2.02. The maximum atomic E-state index is 9.07. The molecule has 0 unspecified atom stereocenters.